The third-order valence-electron chi connectivity index (χ3n) is 6.02. The molecule has 11 heteroatoms. The van der Waals surface area contributed by atoms with Gasteiger partial charge in [0.2, 0.25) is 0 Å². The molecule has 1 atom stereocenters. The van der Waals surface area contributed by atoms with Gasteiger partial charge < -0.3 is 10.2 Å². The van der Waals surface area contributed by atoms with Crippen LogP contribution in [-0.2, 0) is 22.9 Å². The van der Waals surface area contributed by atoms with Gasteiger partial charge in [-0.2, -0.15) is 0 Å². The number of urea groups is 1. The number of nitrogens with one attached hydrogen (secondary N) is 1. The predicted molar refractivity (Wildman–Crippen MR) is 144 cm³/mol. The van der Waals surface area contributed by atoms with Crippen molar-refractivity contribution >= 4 is 50.7 Å². The number of sulfonamides is 1. The number of pyridine rings is 1. The van der Waals surface area contributed by atoms with Crippen molar-refractivity contribution in [2.45, 2.75) is 30.7 Å². The number of carbonyl (C=O) groups excluding carboxylic acids is 2. The molecule has 8 nitrogen and oxygen atoms in total. The molecule has 4 rings (SSSR count). The zero-order valence-electron chi connectivity index (χ0n) is 20.5. The summed E-state index contributed by atoms with van der Waals surface area (Å²) in [6.07, 6.45) is 1.80. The number of Topliss-reactive ketones (excluding diaryl/α,β-unsaturated/α-hetero) is 1. The molecule has 0 aliphatic carbocycles. The molecular weight excluding hydrogens is 535 g/mol. The third-order valence-corrected chi connectivity index (χ3v) is 8.42. The molecule has 1 aromatic heterocycles. The van der Waals surface area contributed by atoms with Crippen LogP contribution in [0.4, 0.5) is 10.5 Å². The van der Waals surface area contributed by atoms with E-state index in [1.165, 1.54) is 21.5 Å². The number of hydrogen-bond donors (Lipinski definition) is 1. The number of amides is 2. The number of aryl methyl sites for hydroxylation is 1. The molecule has 2 aromatic carbocycles. The third kappa shape index (κ3) is 5.74. The number of fused-ring (bicyclic) bond motifs is 1. The monoisotopic (exact) mass is 560 g/mol. The van der Waals surface area contributed by atoms with Crippen molar-refractivity contribution in [3.8, 4) is 0 Å². The first-order valence-corrected chi connectivity index (χ1v) is 13.7. The van der Waals surface area contributed by atoms with Crippen molar-refractivity contribution in [2.24, 2.45) is 0 Å². The first-order chi connectivity index (χ1) is 17.5. The first-order valence-electron chi connectivity index (χ1n) is 11.5. The largest absolute Gasteiger partial charge is 0.333 e. The molecule has 0 bridgehead atoms. The number of aromatic nitrogens is 1. The van der Waals surface area contributed by atoms with Gasteiger partial charge in [-0.3, -0.25) is 14.1 Å². The number of nitrogens with zero attached hydrogens (tertiary/aromatic N) is 3. The Morgan fingerprint density at radius 3 is 2.43 bits per heavy atom. The summed E-state index contributed by atoms with van der Waals surface area (Å²) in [7, 11) is -0.774. The van der Waals surface area contributed by atoms with Gasteiger partial charge in [0.15, 0.2) is 5.78 Å². The minimum absolute atomic E-state index is 0.0122. The van der Waals surface area contributed by atoms with Crippen LogP contribution in [0.1, 0.15) is 27.2 Å². The number of halogens is 2. The SMILES string of the molecule is Cc1cccc(S(=O)(=O)N2CC(NC(=O)N(C)C)Cc3ncc(CC(=O)c4c(Cl)cccc4Cl)cc32)c1. The van der Waals surface area contributed by atoms with Gasteiger partial charge in [-0.15, -0.1) is 0 Å². The Kier molecular flexibility index (Phi) is 7.77. The van der Waals surface area contributed by atoms with Crippen LogP contribution in [0.5, 0.6) is 0 Å². The van der Waals surface area contributed by atoms with Gasteiger partial charge in [-0.25, -0.2) is 13.2 Å². The Labute approximate surface area is 226 Å². The highest BCUT2D eigenvalue weighted by molar-refractivity contribution is 7.92. The van der Waals surface area contributed by atoms with E-state index in [0.29, 0.717) is 23.4 Å². The Morgan fingerprint density at radius 2 is 1.78 bits per heavy atom. The van der Waals surface area contributed by atoms with Crippen LogP contribution < -0.4 is 9.62 Å². The lowest BCUT2D eigenvalue weighted by Gasteiger charge is -2.35. The molecule has 194 valence electrons. The lowest BCUT2D eigenvalue weighted by atomic mass is 10.0. The van der Waals surface area contributed by atoms with Crippen molar-refractivity contribution < 1.29 is 18.0 Å². The molecule has 0 fully saturated rings. The second kappa shape index (κ2) is 10.7. The summed E-state index contributed by atoms with van der Waals surface area (Å²) < 4.78 is 28.8. The Hall–Kier alpha value is -3.14. The molecular formula is C26H26Cl2N4O4S. The second-order valence-electron chi connectivity index (χ2n) is 9.10. The maximum Gasteiger partial charge on any atom is 0.317 e. The molecule has 3 aromatic rings. The molecule has 2 amide bonds. The molecule has 0 saturated carbocycles. The predicted octanol–water partition coefficient (Wildman–Crippen LogP) is 4.51. The van der Waals surface area contributed by atoms with Gasteiger partial charge in [-0.1, -0.05) is 41.4 Å². The van der Waals surface area contributed by atoms with Crippen molar-refractivity contribution in [3.63, 3.8) is 0 Å². The highest BCUT2D eigenvalue weighted by Crippen LogP contribution is 2.33. The van der Waals surface area contributed by atoms with Crippen LogP contribution >= 0.6 is 23.2 Å². The molecule has 2 heterocycles. The van der Waals surface area contributed by atoms with E-state index in [9.17, 15) is 18.0 Å². The summed E-state index contributed by atoms with van der Waals surface area (Å²) in [6, 6.07) is 12.3. The van der Waals surface area contributed by atoms with E-state index >= 15 is 0 Å². The molecule has 1 aliphatic rings. The summed E-state index contributed by atoms with van der Waals surface area (Å²) in [5, 5.41) is 3.35. The summed E-state index contributed by atoms with van der Waals surface area (Å²) in [4.78, 5) is 31.4. The lowest BCUT2D eigenvalue weighted by molar-refractivity contribution is 0.0993. The first kappa shape index (κ1) is 26.9. The highest BCUT2D eigenvalue weighted by Gasteiger charge is 2.35. The summed E-state index contributed by atoms with van der Waals surface area (Å²) in [5.74, 6) is -0.308. The van der Waals surface area contributed by atoms with Crippen LogP contribution in [0.3, 0.4) is 0 Å². The minimum Gasteiger partial charge on any atom is -0.333 e. The topological polar surface area (TPSA) is 99.7 Å². The van der Waals surface area contributed by atoms with Gasteiger partial charge in [0, 0.05) is 33.1 Å². The molecule has 0 radical (unpaired) electrons. The van der Waals surface area contributed by atoms with E-state index in [1.807, 2.05) is 13.0 Å². The van der Waals surface area contributed by atoms with E-state index in [4.69, 9.17) is 23.2 Å². The summed E-state index contributed by atoms with van der Waals surface area (Å²) >= 11 is 12.4. The van der Waals surface area contributed by atoms with Crippen LogP contribution in [0, 0.1) is 6.92 Å². The quantitative estimate of drug-likeness (QED) is 0.447. The number of carbonyl (C=O) groups is 2. The number of hydrogen-bond acceptors (Lipinski definition) is 5. The smallest absolute Gasteiger partial charge is 0.317 e. The summed E-state index contributed by atoms with van der Waals surface area (Å²) in [6.45, 7) is 1.83. The van der Waals surface area contributed by atoms with Gasteiger partial charge in [-0.05, 0) is 48.4 Å². The molecule has 37 heavy (non-hydrogen) atoms. The Bertz CT molecular complexity index is 1460. The van der Waals surface area contributed by atoms with Crippen molar-refractivity contribution in [2.75, 3.05) is 24.9 Å². The van der Waals surface area contributed by atoms with E-state index < -0.39 is 16.1 Å². The average Bonchev–Trinajstić information content (AvgIpc) is 2.83. The number of rotatable bonds is 6. The number of anilines is 1. The van der Waals surface area contributed by atoms with Crippen LogP contribution in [-0.4, -0.2) is 56.8 Å². The zero-order valence-corrected chi connectivity index (χ0v) is 22.9. The molecule has 1 unspecified atom stereocenters. The van der Waals surface area contributed by atoms with Gasteiger partial charge >= 0.3 is 6.03 Å². The second-order valence-corrected chi connectivity index (χ2v) is 11.8. The van der Waals surface area contributed by atoms with Gasteiger partial charge in [0.25, 0.3) is 10.0 Å². The fourth-order valence-corrected chi connectivity index (χ4v) is 6.40. The summed E-state index contributed by atoms with van der Waals surface area (Å²) in [5.41, 5.74) is 2.38. The number of ketones is 1. The van der Waals surface area contributed by atoms with Crippen molar-refractivity contribution in [1.82, 2.24) is 15.2 Å². The standard InChI is InChI=1S/C26H26Cl2N4O4S/c1-16-6-4-7-19(10-16)37(35,36)32-15-18(30-26(34)31(2)3)13-22-23(32)11-17(14-29-22)12-24(33)25-20(27)8-5-9-21(25)28/h4-11,14,18H,12-13,15H2,1-3H3,(H,30,34). The molecule has 0 spiro atoms. The van der Waals surface area contributed by atoms with Crippen LogP contribution in [0.15, 0.2) is 59.6 Å². The van der Waals surface area contributed by atoms with Crippen molar-refractivity contribution in [1.29, 1.82) is 0 Å². The van der Waals surface area contributed by atoms with Gasteiger partial charge in [0.05, 0.1) is 44.5 Å². The Balaban J connectivity index is 1.73. The highest BCUT2D eigenvalue weighted by atomic mass is 35.5. The van der Waals surface area contributed by atoms with Crippen LogP contribution in [0.25, 0.3) is 0 Å². The van der Waals surface area contributed by atoms with E-state index in [0.717, 1.165) is 5.56 Å². The van der Waals surface area contributed by atoms with Gasteiger partial charge in [0.1, 0.15) is 0 Å². The zero-order chi connectivity index (χ0) is 26.9. The Morgan fingerprint density at radius 1 is 1.11 bits per heavy atom. The van der Waals surface area contributed by atoms with E-state index in [1.54, 1.807) is 50.5 Å². The van der Waals surface area contributed by atoms with Crippen LogP contribution in [0.2, 0.25) is 10.0 Å². The number of benzene rings is 2. The van der Waals surface area contributed by atoms with Crippen molar-refractivity contribution in [3.05, 3.63) is 87.2 Å². The molecule has 1 aliphatic heterocycles. The minimum atomic E-state index is -4.00. The fraction of sp³-hybridized carbons (Fsp3) is 0.269. The average molecular weight is 561 g/mol. The lowest BCUT2D eigenvalue weighted by Crippen LogP contribution is -2.52. The van der Waals surface area contributed by atoms with E-state index in [-0.39, 0.29) is 45.3 Å². The molecule has 1 N–H and O–H groups in total. The normalized spacial score (nSPS) is 15.2. The maximum atomic E-state index is 13.8. The van der Waals surface area contributed by atoms with E-state index in [2.05, 4.69) is 10.3 Å². The molecule has 0 saturated heterocycles. The fourth-order valence-electron chi connectivity index (χ4n) is 4.16. The maximum absolute atomic E-state index is 13.8.